The Bertz CT molecular complexity index is 1280. The molecule has 0 saturated carbocycles. The summed E-state index contributed by atoms with van der Waals surface area (Å²) >= 11 is 6.38. The van der Waals surface area contributed by atoms with Crippen LogP contribution in [0.15, 0.2) is 115 Å². The number of hydrogen-bond donors (Lipinski definition) is 0. The fourth-order valence-corrected chi connectivity index (χ4v) is 4.21. The fraction of sp³-hybridized carbons (Fsp3) is 0. The van der Waals surface area contributed by atoms with Crippen LogP contribution in [0.25, 0.3) is 44.2 Å². The molecule has 0 fully saturated rings. The van der Waals surface area contributed by atoms with E-state index in [0.29, 0.717) is 0 Å². The standard InChI is InChI=1S/C28H19Cl/c29-27-15-5-4-12-24(27)21-16-18-22(19-17-21)26-14-7-11-23-10-6-13-25(28(23)26)20-8-2-1-3-9-20/h1-19H. The van der Waals surface area contributed by atoms with Gasteiger partial charge in [0.05, 0.1) is 0 Å². The molecule has 0 amide bonds. The van der Waals surface area contributed by atoms with Crippen molar-refractivity contribution in [3.63, 3.8) is 0 Å². The van der Waals surface area contributed by atoms with Crippen molar-refractivity contribution in [2.45, 2.75) is 0 Å². The number of hydrogen-bond acceptors (Lipinski definition) is 0. The van der Waals surface area contributed by atoms with Crippen molar-refractivity contribution < 1.29 is 0 Å². The SMILES string of the molecule is Clc1ccccc1-c1ccc(-c2cccc3cccc(-c4ccccc4)c23)cc1. The molecular formula is C28H19Cl. The molecule has 0 radical (unpaired) electrons. The van der Waals surface area contributed by atoms with Crippen molar-refractivity contribution in [3.8, 4) is 33.4 Å². The Kier molecular flexibility index (Phi) is 4.63. The molecule has 0 spiro atoms. The predicted molar refractivity (Wildman–Crippen MR) is 125 cm³/mol. The molecule has 0 saturated heterocycles. The summed E-state index contributed by atoms with van der Waals surface area (Å²) in [7, 11) is 0. The largest absolute Gasteiger partial charge is 0.0837 e. The summed E-state index contributed by atoms with van der Waals surface area (Å²) in [4.78, 5) is 0. The van der Waals surface area contributed by atoms with E-state index >= 15 is 0 Å². The van der Waals surface area contributed by atoms with Crippen LogP contribution in [0.3, 0.4) is 0 Å². The summed E-state index contributed by atoms with van der Waals surface area (Å²) in [5.41, 5.74) is 7.13. The van der Waals surface area contributed by atoms with Crippen LogP contribution in [0.2, 0.25) is 5.02 Å². The normalized spacial score (nSPS) is 10.9. The first-order chi connectivity index (χ1) is 14.3. The molecule has 0 bridgehead atoms. The van der Waals surface area contributed by atoms with E-state index in [9.17, 15) is 0 Å². The molecule has 5 aromatic rings. The molecule has 0 unspecified atom stereocenters. The average Bonchev–Trinajstić information content (AvgIpc) is 2.79. The highest BCUT2D eigenvalue weighted by Crippen LogP contribution is 2.37. The topological polar surface area (TPSA) is 0 Å². The maximum Gasteiger partial charge on any atom is 0.0484 e. The van der Waals surface area contributed by atoms with Gasteiger partial charge >= 0.3 is 0 Å². The zero-order valence-corrected chi connectivity index (χ0v) is 16.6. The fourth-order valence-electron chi connectivity index (χ4n) is 3.96. The summed E-state index contributed by atoms with van der Waals surface area (Å²) in [6.07, 6.45) is 0. The molecular weight excluding hydrogens is 372 g/mol. The van der Waals surface area contributed by atoms with Gasteiger partial charge in [0.15, 0.2) is 0 Å². The minimum Gasteiger partial charge on any atom is -0.0837 e. The van der Waals surface area contributed by atoms with Gasteiger partial charge in [0, 0.05) is 10.6 Å². The Labute approximate surface area is 176 Å². The Hall–Kier alpha value is -3.35. The highest BCUT2D eigenvalue weighted by molar-refractivity contribution is 6.33. The van der Waals surface area contributed by atoms with Crippen LogP contribution >= 0.6 is 11.6 Å². The zero-order chi connectivity index (χ0) is 19.6. The molecule has 1 heteroatoms. The van der Waals surface area contributed by atoms with Crippen molar-refractivity contribution in [2.24, 2.45) is 0 Å². The number of benzene rings is 5. The summed E-state index contributed by atoms with van der Waals surface area (Å²) in [6.45, 7) is 0. The van der Waals surface area contributed by atoms with Crippen LogP contribution in [0.5, 0.6) is 0 Å². The molecule has 0 aliphatic rings. The monoisotopic (exact) mass is 390 g/mol. The van der Waals surface area contributed by atoms with Crippen LogP contribution in [-0.4, -0.2) is 0 Å². The molecule has 0 nitrogen and oxygen atoms in total. The summed E-state index contributed by atoms with van der Waals surface area (Å²) in [5, 5.41) is 3.31. The third-order valence-electron chi connectivity index (χ3n) is 5.37. The smallest absolute Gasteiger partial charge is 0.0484 e. The molecule has 5 aromatic carbocycles. The number of halogens is 1. The first kappa shape index (κ1) is 17.7. The van der Waals surface area contributed by atoms with Gasteiger partial charge in [-0.05, 0) is 44.7 Å². The van der Waals surface area contributed by atoms with E-state index in [1.807, 2.05) is 18.2 Å². The Morgan fingerprint density at radius 2 is 0.862 bits per heavy atom. The predicted octanol–water partition coefficient (Wildman–Crippen LogP) is 8.49. The zero-order valence-electron chi connectivity index (χ0n) is 15.8. The molecule has 0 heterocycles. The average molecular weight is 391 g/mol. The quantitative estimate of drug-likeness (QED) is 0.289. The minimum atomic E-state index is 0.775. The molecule has 0 atom stereocenters. The highest BCUT2D eigenvalue weighted by atomic mass is 35.5. The second kappa shape index (κ2) is 7.58. The van der Waals surface area contributed by atoms with Gasteiger partial charge < -0.3 is 0 Å². The molecule has 29 heavy (non-hydrogen) atoms. The molecule has 0 N–H and O–H groups in total. The van der Waals surface area contributed by atoms with Crippen LogP contribution in [0.4, 0.5) is 0 Å². The summed E-state index contributed by atoms with van der Waals surface area (Å²) in [5.74, 6) is 0. The Morgan fingerprint density at radius 1 is 0.379 bits per heavy atom. The highest BCUT2D eigenvalue weighted by Gasteiger charge is 2.10. The van der Waals surface area contributed by atoms with Crippen LogP contribution in [-0.2, 0) is 0 Å². The van der Waals surface area contributed by atoms with E-state index in [1.54, 1.807) is 0 Å². The third kappa shape index (κ3) is 3.33. The van der Waals surface area contributed by atoms with E-state index in [-0.39, 0.29) is 0 Å². The van der Waals surface area contributed by atoms with Crippen molar-refractivity contribution >= 4 is 22.4 Å². The van der Waals surface area contributed by atoms with Gasteiger partial charge in [-0.2, -0.15) is 0 Å². The summed E-state index contributed by atoms with van der Waals surface area (Å²) < 4.78 is 0. The molecule has 0 aliphatic carbocycles. The lowest BCUT2D eigenvalue weighted by atomic mass is 9.91. The Balaban J connectivity index is 1.67. The maximum atomic E-state index is 6.38. The first-order valence-corrected chi connectivity index (χ1v) is 10.1. The van der Waals surface area contributed by atoms with Gasteiger partial charge in [0.25, 0.3) is 0 Å². The molecule has 5 rings (SSSR count). The van der Waals surface area contributed by atoms with Gasteiger partial charge in [0.2, 0.25) is 0 Å². The molecule has 0 aliphatic heterocycles. The first-order valence-electron chi connectivity index (χ1n) is 9.74. The van der Waals surface area contributed by atoms with Crippen molar-refractivity contribution in [3.05, 3.63) is 120 Å². The van der Waals surface area contributed by atoms with E-state index < -0.39 is 0 Å². The van der Waals surface area contributed by atoms with Crippen LogP contribution < -0.4 is 0 Å². The van der Waals surface area contributed by atoms with Crippen molar-refractivity contribution in [2.75, 3.05) is 0 Å². The summed E-state index contributed by atoms with van der Waals surface area (Å²) in [6, 6.07) is 40.3. The van der Waals surface area contributed by atoms with Gasteiger partial charge in [-0.1, -0.05) is 121 Å². The van der Waals surface area contributed by atoms with E-state index in [0.717, 1.165) is 16.1 Å². The van der Waals surface area contributed by atoms with E-state index in [4.69, 9.17) is 11.6 Å². The minimum absolute atomic E-state index is 0.775. The molecule has 138 valence electrons. The number of rotatable bonds is 3. The van der Waals surface area contributed by atoms with Gasteiger partial charge in [-0.25, -0.2) is 0 Å². The second-order valence-corrected chi connectivity index (χ2v) is 7.54. The van der Waals surface area contributed by atoms with Gasteiger partial charge in [-0.3, -0.25) is 0 Å². The maximum absolute atomic E-state index is 6.38. The third-order valence-corrected chi connectivity index (χ3v) is 5.70. The lowest BCUT2D eigenvalue weighted by Gasteiger charge is -2.13. The second-order valence-electron chi connectivity index (χ2n) is 7.13. The Morgan fingerprint density at radius 3 is 1.48 bits per heavy atom. The van der Waals surface area contributed by atoms with Crippen LogP contribution in [0.1, 0.15) is 0 Å². The van der Waals surface area contributed by atoms with Gasteiger partial charge in [0.1, 0.15) is 0 Å². The van der Waals surface area contributed by atoms with E-state index in [2.05, 4.69) is 97.1 Å². The van der Waals surface area contributed by atoms with Crippen molar-refractivity contribution in [1.82, 2.24) is 0 Å². The van der Waals surface area contributed by atoms with E-state index in [1.165, 1.54) is 33.0 Å². The molecule has 0 aromatic heterocycles. The van der Waals surface area contributed by atoms with Crippen LogP contribution in [0, 0.1) is 0 Å². The number of fused-ring (bicyclic) bond motifs is 1. The van der Waals surface area contributed by atoms with Gasteiger partial charge in [-0.15, -0.1) is 0 Å². The lowest BCUT2D eigenvalue weighted by Crippen LogP contribution is -1.87. The lowest BCUT2D eigenvalue weighted by molar-refractivity contribution is 1.60. The van der Waals surface area contributed by atoms with Crippen molar-refractivity contribution in [1.29, 1.82) is 0 Å².